The third-order valence-corrected chi connectivity index (χ3v) is 7.72. The van der Waals surface area contributed by atoms with Gasteiger partial charge in [0, 0.05) is 18.5 Å². The van der Waals surface area contributed by atoms with Crippen LogP contribution in [0.5, 0.6) is 0 Å². The number of rotatable bonds is 4. The van der Waals surface area contributed by atoms with Crippen LogP contribution in [0, 0.1) is 0 Å². The Hall–Kier alpha value is -1.84. The highest BCUT2D eigenvalue weighted by molar-refractivity contribution is 9.11. The van der Waals surface area contributed by atoms with Crippen molar-refractivity contribution >= 4 is 59.6 Å². The fourth-order valence-electron chi connectivity index (χ4n) is 3.12. The predicted octanol–water partition coefficient (Wildman–Crippen LogP) is 4.02. The SMILES string of the molecule is O=c1oc2ccccc2c(N2CCCC2)c1NS(=O)(=O)c1ccc(Br)s1. The average molecular weight is 455 g/mol. The number of hydrogen-bond donors (Lipinski definition) is 1. The van der Waals surface area contributed by atoms with Gasteiger partial charge in [0.15, 0.2) is 5.69 Å². The first kappa shape index (κ1) is 17.6. The van der Waals surface area contributed by atoms with Gasteiger partial charge in [-0.25, -0.2) is 13.2 Å². The number of thiophene rings is 1. The summed E-state index contributed by atoms with van der Waals surface area (Å²) >= 11 is 4.34. The van der Waals surface area contributed by atoms with E-state index >= 15 is 0 Å². The van der Waals surface area contributed by atoms with Crippen LogP contribution in [0.3, 0.4) is 0 Å². The van der Waals surface area contributed by atoms with Gasteiger partial charge in [-0.05, 0) is 53.0 Å². The third-order valence-electron chi connectivity index (χ3n) is 4.26. The average Bonchev–Trinajstić information content (AvgIpc) is 3.27. The highest BCUT2D eigenvalue weighted by Gasteiger charge is 2.27. The summed E-state index contributed by atoms with van der Waals surface area (Å²) in [4.78, 5) is 14.6. The van der Waals surface area contributed by atoms with Gasteiger partial charge >= 0.3 is 5.63 Å². The molecule has 0 unspecified atom stereocenters. The predicted molar refractivity (Wildman–Crippen MR) is 107 cm³/mol. The molecule has 0 radical (unpaired) electrons. The Morgan fingerprint density at radius 3 is 2.54 bits per heavy atom. The summed E-state index contributed by atoms with van der Waals surface area (Å²) in [6.45, 7) is 1.54. The van der Waals surface area contributed by atoms with E-state index in [4.69, 9.17) is 4.42 Å². The lowest BCUT2D eigenvalue weighted by Crippen LogP contribution is -2.25. The Balaban J connectivity index is 1.90. The molecule has 0 spiro atoms. The summed E-state index contributed by atoms with van der Waals surface area (Å²) in [7, 11) is -3.88. The molecule has 4 rings (SSSR count). The van der Waals surface area contributed by atoms with E-state index in [1.54, 1.807) is 18.2 Å². The van der Waals surface area contributed by atoms with Crippen LogP contribution in [-0.2, 0) is 10.0 Å². The number of benzene rings is 1. The van der Waals surface area contributed by atoms with Gasteiger partial charge in [0.05, 0.1) is 9.47 Å². The molecule has 2 aromatic heterocycles. The molecule has 136 valence electrons. The van der Waals surface area contributed by atoms with Gasteiger partial charge in [0.25, 0.3) is 10.0 Å². The lowest BCUT2D eigenvalue weighted by molar-refractivity contribution is 0.562. The van der Waals surface area contributed by atoms with Gasteiger partial charge in [0.2, 0.25) is 0 Å². The van der Waals surface area contributed by atoms with Crippen molar-refractivity contribution in [1.82, 2.24) is 0 Å². The van der Waals surface area contributed by atoms with Crippen LogP contribution in [0.15, 0.2) is 53.6 Å². The van der Waals surface area contributed by atoms with Crippen LogP contribution < -0.4 is 15.2 Å². The number of nitrogens with zero attached hydrogens (tertiary/aromatic N) is 1. The molecule has 9 heteroatoms. The standard InChI is InChI=1S/C17H15BrN2O4S2/c18-13-7-8-14(25-13)26(22,23)19-15-16(20-9-3-4-10-20)11-5-1-2-6-12(11)24-17(15)21/h1-2,5-8,19H,3-4,9-10H2. The normalized spacial score (nSPS) is 14.9. The molecular formula is C17H15BrN2O4S2. The lowest BCUT2D eigenvalue weighted by Gasteiger charge is -2.22. The summed E-state index contributed by atoms with van der Waals surface area (Å²) in [6.07, 6.45) is 2.00. The van der Waals surface area contributed by atoms with Crippen molar-refractivity contribution in [2.45, 2.75) is 17.1 Å². The van der Waals surface area contributed by atoms with E-state index in [0.29, 0.717) is 15.1 Å². The van der Waals surface area contributed by atoms with Crippen LogP contribution in [0.1, 0.15) is 12.8 Å². The molecule has 1 aliphatic rings. The quantitative estimate of drug-likeness (QED) is 0.602. The van der Waals surface area contributed by atoms with E-state index in [1.165, 1.54) is 6.07 Å². The second-order valence-electron chi connectivity index (χ2n) is 5.97. The maximum Gasteiger partial charge on any atom is 0.363 e. The van der Waals surface area contributed by atoms with Crippen molar-refractivity contribution in [2.75, 3.05) is 22.7 Å². The Morgan fingerprint density at radius 2 is 1.85 bits per heavy atom. The van der Waals surface area contributed by atoms with Gasteiger partial charge in [-0.3, -0.25) is 4.72 Å². The van der Waals surface area contributed by atoms with E-state index in [-0.39, 0.29) is 9.90 Å². The van der Waals surface area contributed by atoms with Crippen LogP contribution in [0.2, 0.25) is 0 Å². The molecule has 26 heavy (non-hydrogen) atoms. The first-order chi connectivity index (χ1) is 12.5. The summed E-state index contributed by atoms with van der Waals surface area (Å²) < 4.78 is 34.2. The highest BCUT2D eigenvalue weighted by Crippen LogP contribution is 2.36. The number of fused-ring (bicyclic) bond motifs is 1. The van der Waals surface area contributed by atoms with E-state index in [0.717, 1.165) is 42.7 Å². The molecule has 0 amide bonds. The fraction of sp³-hybridized carbons (Fsp3) is 0.235. The van der Waals surface area contributed by atoms with Gasteiger partial charge in [-0.15, -0.1) is 11.3 Å². The Kier molecular flexibility index (Phi) is 4.54. The molecular weight excluding hydrogens is 440 g/mol. The van der Waals surface area contributed by atoms with Crippen molar-refractivity contribution in [2.24, 2.45) is 0 Å². The maximum atomic E-state index is 12.7. The van der Waals surface area contributed by atoms with Crippen molar-refractivity contribution in [3.63, 3.8) is 0 Å². The molecule has 1 aliphatic heterocycles. The summed E-state index contributed by atoms with van der Waals surface area (Å²) in [5.41, 5.74) is 0.315. The maximum absolute atomic E-state index is 12.7. The zero-order chi connectivity index (χ0) is 18.3. The van der Waals surface area contributed by atoms with Crippen molar-refractivity contribution in [3.8, 4) is 0 Å². The Bertz CT molecular complexity index is 1130. The van der Waals surface area contributed by atoms with Crippen molar-refractivity contribution < 1.29 is 12.8 Å². The first-order valence-corrected chi connectivity index (χ1v) is 11.1. The molecule has 3 aromatic rings. The number of anilines is 2. The van der Waals surface area contributed by atoms with Gasteiger partial charge in [-0.2, -0.15) is 0 Å². The lowest BCUT2D eigenvalue weighted by atomic mass is 10.1. The number of nitrogens with one attached hydrogen (secondary N) is 1. The molecule has 6 nitrogen and oxygen atoms in total. The zero-order valence-electron chi connectivity index (χ0n) is 13.6. The van der Waals surface area contributed by atoms with E-state index in [9.17, 15) is 13.2 Å². The van der Waals surface area contributed by atoms with Gasteiger partial charge < -0.3 is 9.32 Å². The minimum Gasteiger partial charge on any atom is -0.421 e. The second-order valence-corrected chi connectivity index (χ2v) is 10.3. The minimum absolute atomic E-state index is 0.0323. The summed E-state index contributed by atoms with van der Waals surface area (Å²) in [5, 5.41) is 0.721. The van der Waals surface area contributed by atoms with Crippen LogP contribution >= 0.6 is 27.3 Å². The second kappa shape index (κ2) is 6.71. The van der Waals surface area contributed by atoms with Crippen LogP contribution in [0.25, 0.3) is 11.0 Å². The smallest absolute Gasteiger partial charge is 0.363 e. The molecule has 1 aromatic carbocycles. The van der Waals surface area contributed by atoms with Gasteiger partial charge in [0.1, 0.15) is 9.79 Å². The first-order valence-electron chi connectivity index (χ1n) is 8.05. The van der Waals surface area contributed by atoms with Crippen molar-refractivity contribution in [3.05, 3.63) is 50.6 Å². The molecule has 0 saturated carbocycles. The minimum atomic E-state index is -3.88. The van der Waals surface area contributed by atoms with Crippen molar-refractivity contribution in [1.29, 1.82) is 0 Å². The monoisotopic (exact) mass is 454 g/mol. The number of hydrogen-bond acceptors (Lipinski definition) is 6. The molecule has 3 heterocycles. The van der Waals surface area contributed by atoms with Crippen LogP contribution in [-0.4, -0.2) is 21.5 Å². The number of sulfonamides is 1. The zero-order valence-corrected chi connectivity index (χ0v) is 16.8. The Morgan fingerprint density at radius 1 is 1.12 bits per heavy atom. The number of halogens is 1. The van der Waals surface area contributed by atoms with Crippen LogP contribution in [0.4, 0.5) is 11.4 Å². The largest absolute Gasteiger partial charge is 0.421 e. The molecule has 0 bridgehead atoms. The fourth-order valence-corrected chi connectivity index (χ4v) is 6.19. The van der Waals surface area contributed by atoms with Gasteiger partial charge in [-0.1, -0.05) is 12.1 Å². The molecule has 1 fully saturated rings. The van der Waals surface area contributed by atoms with E-state index in [2.05, 4.69) is 20.7 Å². The topological polar surface area (TPSA) is 79.6 Å². The summed E-state index contributed by atoms with van der Waals surface area (Å²) in [5.74, 6) is 0. The summed E-state index contributed by atoms with van der Waals surface area (Å²) in [6, 6.07) is 10.3. The third kappa shape index (κ3) is 3.15. The highest BCUT2D eigenvalue weighted by atomic mass is 79.9. The molecule has 0 aliphatic carbocycles. The number of para-hydroxylation sites is 1. The Labute approximate surface area is 162 Å². The van der Waals surface area contributed by atoms with E-state index in [1.807, 2.05) is 17.0 Å². The molecule has 1 N–H and O–H groups in total. The molecule has 1 saturated heterocycles. The molecule has 0 atom stereocenters. The van der Waals surface area contributed by atoms with E-state index < -0.39 is 15.6 Å².